The van der Waals surface area contributed by atoms with Crippen LogP contribution in [0.3, 0.4) is 0 Å². The molecule has 0 aromatic carbocycles. The zero-order valence-electron chi connectivity index (χ0n) is 59.3. The Labute approximate surface area is 545 Å². The van der Waals surface area contributed by atoms with Crippen LogP contribution in [0.25, 0.3) is 0 Å². The number of rotatable bonds is 76. The third-order valence-corrected chi connectivity index (χ3v) is 19.0. The topological polar surface area (TPSA) is 95.9 Å². The molecule has 0 heterocycles. The molecule has 0 aliphatic heterocycles. The van der Waals surface area contributed by atoms with Gasteiger partial charge in [0, 0.05) is 12.8 Å². The molecule has 0 aromatic heterocycles. The number of aliphatic hydroxyl groups is 2. The van der Waals surface area contributed by atoms with Gasteiger partial charge in [0.1, 0.15) is 0 Å². The first-order valence-corrected chi connectivity index (χ1v) is 40.1. The molecule has 0 aromatic rings. The number of hydrogen-bond donors (Lipinski definition) is 3. The first-order chi connectivity index (χ1) is 43.0. The maximum atomic E-state index is 12.6. The highest BCUT2D eigenvalue weighted by molar-refractivity contribution is 5.76. The molecule has 6 nitrogen and oxygen atoms in total. The predicted molar refractivity (Wildman–Crippen MR) is 384 cm³/mol. The van der Waals surface area contributed by atoms with Crippen molar-refractivity contribution in [2.75, 3.05) is 13.2 Å². The molecule has 0 bridgehead atoms. The van der Waals surface area contributed by atoms with Gasteiger partial charge in [0.05, 0.1) is 25.4 Å². The minimum atomic E-state index is -0.665. The van der Waals surface area contributed by atoms with E-state index >= 15 is 0 Å². The number of allylic oxidation sites excluding steroid dienone is 4. The van der Waals surface area contributed by atoms with Crippen molar-refractivity contribution in [3.63, 3.8) is 0 Å². The van der Waals surface area contributed by atoms with Gasteiger partial charge in [0.2, 0.25) is 5.91 Å². The number of nitrogens with one attached hydrogen (secondary N) is 1. The number of ether oxygens (including phenoxy) is 1. The molecule has 6 heteroatoms. The Balaban J connectivity index is 3.37. The predicted octanol–water partition coefficient (Wildman–Crippen LogP) is 26.4. The maximum absolute atomic E-state index is 12.6. The fraction of sp³-hybridized carbons (Fsp3) is 0.926. The Kier molecular flexibility index (Phi) is 75.3. The normalized spacial score (nSPS) is 12.6. The van der Waals surface area contributed by atoms with E-state index in [0.29, 0.717) is 25.9 Å². The molecule has 0 aliphatic carbocycles. The van der Waals surface area contributed by atoms with E-state index in [1.54, 1.807) is 0 Å². The van der Waals surface area contributed by atoms with E-state index in [-0.39, 0.29) is 18.5 Å². The van der Waals surface area contributed by atoms with Crippen molar-refractivity contribution in [3.8, 4) is 0 Å². The van der Waals surface area contributed by atoms with Crippen molar-refractivity contribution in [1.82, 2.24) is 5.32 Å². The van der Waals surface area contributed by atoms with Crippen molar-refractivity contribution in [1.29, 1.82) is 0 Å². The number of aliphatic hydroxyl groups excluding tert-OH is 2. The van der Waals surface area contributed by atoms with E-state index in [1.165, 1.54) is 379 Å². The molecule has 0 saturated heterocycles. The lowest BCUT2D eigenvalue weighted by Gasteiger charge is -2.22. The quantitative estimate of drug-likeness (QED) is 0.0320. The summed E-state index contributed by atoms with van der Waals surface area (Å²) >= 11 is 0. The number of amides is 1. The molecule has 2 atom stereocenters. The van der Waals surface area contributed by atoms with Crippen molar-refractivity contribution < 1.29 is 24.5 Å². The van der Waals surface area contributed by atoms with E-state index in [1.807, 2.05) is 0 Å². The summed E-state index contributed by atoms with van der Waals surface area (Å²) in [7, 11) is 0. The van der Waals surface area contributed by atoms with Gasteiger partial charge in [-0.25, -0.2) is 0 Å². The second-order valence-electron chi connectivity index (χ2n) is 27.7. The van der Waals surface area contributed by atoms with Gasteiger partial charge in [-0.2, -0.15) is 0 Å². The van der Waals surface area contributed by atoms with Crippen molar-refractivity contribution in [2.45, 2.75) is 469 Å². The van der Waals surface area contributed by atoms with Crippen molar-refractivity contribution >= 4 is 11.9 Å². The Hall–Kier alpha value is -1.66. The highest BCUT2D eigenvalue weighted by atomic mass is 16.5. The van der Waals surface area contributed by atoms with Gasteiger partial charge in [-0.05, 0) is 77.0 Å². The zero-order valence-corrected chi connectivity index (χ0v) is 59.3. The van der Waals surface area contributed by atoms with Crippen LogP contribution in [-0.2, 0) is 14.3 Å². The Bertz CT molecular complexity index is 1360. The van der Waals surface area contributed by atoms with Gasteiger partial charge in [0.15, 0.2) is 0 Å². The molecule has 516 valence electrons. The summed E-state index contributed by atoms with van der Waals surface area (Å²) in [5.74, 6) is -0.0173. The largest absolute Gasteiger partial charge is 0.466 e. The average molecular weight is 1230 g/mol. The standard InChI is InChI=1S/C81H157NO5/c1-3-5-7-9-11-13-15-17-19-20-21-22-23-30-33-36-39-42-46-49-53-57-61-65-69-73-79(84)78(77-83)82-80(85)74-70-66-62-58-54-50-47-43-40-37-34-31-28-26-24-25-27-29-32-35-38-41-44-48-52-56-60-64-68-72-76-87-81(86)75-71-67-63-59-55-51-45-18-16-14-12-10-8-6-4-2/h18,25,27,45,78-79,83-84H,3-17,19-24,26,28-44,46-77H2,1-2H3,(H,82,85)/b27-25-,45-18-. The second-order valence-corrected chi connectivity index (χ2v) is 27.7. The first-order valence-electron chi connectivity index (χ1n) is 40.1. The van der Waals surface area contributed by atoms with Crippen LogP contribution in [0.5, 0.6) is 0 Å². The minimum absolute atomic E-state index is 0.0103. The molecule has 0 radical (unpaired) electrons. The van der Waals surface area contributed by atoms with Gasteiger partial charge in [-0.3, -0.25) is 9.59 Å². The van der Waals surface area contributed by atoms with E-state index in [0.717, 1.165) is 44.9 Å². The van der Waals surface area contributed by atoms with Crippen molar-refractivity contribution in [3.05, 3.63) is 24.3 Å². The molecule has 2 unspecified atom stereocenters. The van der Waals surface area contributed by atoms with Crippen LogP contribution in [-0.4, -0.2) is 47.4 Å². The fourth-order valence-electron chi connectivity index (χ4n) is 12.9. The van der Waals surface area contributed by atoms with Crippen LogP contribution in [0.15, 0.2) is 24.3 Å². The van der Waals surface area contributed by atoms with E-state index in [9.17, 15) is 19.8 Å². The molecule has 3 N–H and O–H groups in total. The zero-order chi connectivity index (χ0) is 62.8. The fourth-order valence-corrected chi connectivity index (χ4v) is 12.9. The van der Waals surface area contributed by atoms with Gasteiger partial charge < -0.3 is 20.3 Å². The third kappa shape index (κ3) is 73.3. The highest BCUT2D eigenvalue weighted by Gasteiger charge is 2.20. The van der Waals surface area contributed by atoms with Crippen molar-refractivity contribution in [2.24, 2.45) is 0 Å². The monoisotopic (exact) mass is 1220 g/mol. The summed E-state index contributed by atoms with van der Waals surface area (Å²) in [5, 5.41) is 23.5. The SMILES string of the molecule is CCCCCCCC/C=C\CCCCCCCC(=O)OCCCCCCCCCCCCCC/C=C\CCCCCCCCCCCCCCCCC(=O)NC(CO)C(O)CCCCCCCCCCCCCCCCCCCCCCCCCCC. The molecule has 87 heavy (non-hydrogen) atoms. The average Bonchev–Trinajstić information content (AvgIpc) is 3.52. The second kappa shape index (κ2) is 76.8. The summed E-state index contributed by atoms with van der Waals surface area (Å²) in [6.45, 7) is 5.00. The molecule has 0 saturated carbocycles. The summed E-state index contributed by atoms with van der Waals surface area (Å²) in [6, 6.07) is -0.542. The molecule has 0 spiro atoms. The van der Waals surface area contributed by atoms with Gasteiger partial charge in [-0.1, -0.05) is 391 Å². The van der Waals surface area contributed by atoms with Gasteiger partial charge >= 0.3 is 5.97 Å². The van der Waals surface area contributed by atoms with Gasteiger partial charge in [0.25, 0.3) is 0 Å². The third-order valence-electron chi connectivity index (χ3n) is 19.0. The number of carbonyl (C=O) groups excluding carboxylic acids is 2. The summed E-state index contributed by atoms with van der Waals surface area (Å²) in [6.07, 6.45) is 98.4. The minimum Gasteiger partial charge on any atom is -0.466 e. The number of esters is 1. The van der Waals surface area contributed by atoms with Crippen LogP contribution in [0.2, 0.25) is 0 Å². The molecule has 0 fully saturated rings. The smallest absolute Gasteiger partial charge is 0.305 e. The highest BCUT2D eigenvalue weighted by Crippen LogP contribution is 2.20. The Morgan fingerprint density at radius 1 is 0.310 bits per heavy atom. The van der Waals surface area contributed by atoms with E-state index in [2.05, 4.69) is 43.5 Å². The summed E-state index contributed by atoms with van der Waals surface area (Å²) in [5.41, 5.74) is 0. The van der Waals surface area contributed by atoms with Crippen LogP contribution < -0.4 is 5.32 Å². The molecule has 1 amide bonds. The van der Waals surface area contributed by atoms with Crippen LogP contribution in [0, 0.1) is 0 Å². The molecule has 0 aliphatic rings. The number of hydrogen-bond acceptors (Lipinski definition) is 5. The molecular weight excluding hydrogens is 1070 g/mol. The lowest BCUT2D eigenvalue weighted by molar-refractivity contribution is -0.143. The van der Waals surface area contributed by atoms with Crippen LogP contribution in [0.4, 0.5) is 0 Å². The summed E-state index contributed by atoms with van der Waals surface area (Å²) < 4.78 is 5.50. The van der Waals surface area contributed by atoms with Gasteiger partial charge in [-0.15, -0.1) is 0 Å². The number of carbonyl (C=O) groups is 2. The Morgan fingerprint density at radius 3 is 0.816 bits per heavy atom. The first kappa shape index (κ1) is 85.3. The van der Waals surface area contributed by atoms with E-state index in [4.69, 9.17) is 4.74 Å². The molecular formula is C81H157NO5. The molecule has 0 rings (SSSR count). The van der Waals surface area contributed by atoms with Crippen LogP contribution >= 0.6 is 0 Å². The maximum Gasteiger partial charge on any atom is 0.305 e. The summed E-state index contributed by atoms with van der Waals surface area (Å²) in [4.78, 5) is 24.7. The van der Waals surface area contributed by atoms with E-state index < -0.39 is 12.1 Å². The lowest BCUT2D eigenvalue weighted by atomic mass is 10.0. The van der Waals surface area contributed by atoms with Crippen LogP contribution in [0.1, 0.15) is 457 Å². The number of unbranched alkanes of at least 4 members (excludes halogenated alkanes) is 61. The lowest BCUT2D eigenvalue weighted by Crippen LogP contribution is -2.45. The Morgan fingerprint density at radius 2 is 0.540 bits per heavy atom.